The van der Waals surface area contributed by atoms with Crippen LogP contribution in [0.4, 0.5) is 0 Å². The second-order valence-electron chi connectivity index (χ2n) is 9.50. The van der Waals surface area contributed by atoms with Crippen molar-refractivity contribution in [2.45, 2.75) is 0 Å². The maximum absolute atomic E-state index is 5.03. The maximum Gasteiger partial charge on any atom is 0.124 e. The van der Waals surface area contributed by atoms with E-state index in [1.807, 2.05) is 18.3 Å². The van der Waals surface area contributed by atoms with Gasteiger partial charge in [-0.1, -0.05) is 54.6 Å². The molecule has 0 fully saturated rings. The number of thiophene rings is 1. The molecule has 184 valence electrons. The summed E-state index contributed by atoms with van der Waals surface area (Å²) in [5.41, 5.74) is 8.96. The highest BCUT2D eigenvalue weighted by Gasteiger charge is 2.20. The Morgan fingerprint density at radius 2 is 1.56 bits per heavy atom. The molecule has 39 heavy (non-hydrogen) atoms. The summed E-state index contributed by atoms with van der Waals surface area (Å²) < 4.78 is 3.60. The van der Waals surface area contributed by atoms with Crippen molar-refractivity contribution >= 4 is 54.7 Å². The third kappa shape index (κ3) is 3.70. The van der Waals surface area contributed by atoms with Crippen LogP contribution in [0.25, 0.3) is 70.0 Å². The molecular weight excluding hydrogens is 515 g/mol. The van der Waals surface area contributed by atoms with Gasteiger partial charge in [-0.05, 0) is 66.0 Å². The van der Waals surface area contributed by atoms with Gasteiger partial charge in [0.1, 0.15) is 5.01 Å². The van der Waals surface area contributed by atoms with Gasteiger partial charge in [-0.25, -0.2) is 4.98 Å². The smallest absolute Gasteiger partial charge is 0.124 e. The van der Waals surface area contributed by atoms with Crippen LogP contribution in [0.3, 0.4) is 0 Å². The molecule has 0 spiro atoms. The van der Waals surface area contributed by atoms with E-state index in [0.717, 1.165) is 33.0 Å². The summed E-state index contributed by atoms with van der Waals surface area (Å²) in [5, 5.41) is 5.70. The molecule has 0 amide bonds. The van der Waals surface area contributed by atoms with Gasteiger partial charge < -0.3 is 4.57 Å². The number of para-hydroxylation sites is 2. The van der Waals surface area contributed by atoms with E-state index < -0.39 is 0 Å². The van der Waals surface area contributed by atoms with Crippen LogP contribution in [-0.2, 0) is 0 Å². The van der Waals surface area contributed by atoms with Gasteiger partial charge in [0, 0.05) is 44.2 Å². The van der Waals surface area contributed by atoms with E-state index in [9.17, 15) is 0 Å². The number of aromatic nitrogens is 3. The molecule has 0 unspecified atom stereocenters. The Morgan fingerprint density at radius 3 is 2.44 bits per heavy atom. The minimum absolute atomic E-state index is 0.967. The highest BCUT2D eigenvalue weighted by atomic mass is 32.1. The normalized spacial score (nSPS) is 11.6. The van der Waals surface area contributed by atoms with Crippen LogP contribution in [0.15, 0.2) is 127 Å². The first-order valence-corrected chi connectivity index (χ1v) is 14.5. The summed E-state index contributed by atoms with van der Waals surface area (Å²) in [4.78, 5) is 10.9. The van der Waals surface area contributed by atoms with Gasteiger partial charge >= 0.3 is 0 Å². The minimum atomic E-state index is 0.967. The fraction of sp³-hybridized carbons (Fsp3) is 0. The molecule has 0 aliphatic carbocycles. The first-order chi connectivity index (χ1) is 19.3. The molecule has 0 saturated carbocycles. The van der Waals surface area contributed by atoms with Crippen molar-refractivity contribution in [2.75, 3.05) is 0 Å². The summed E-state index contributed by atoms with van der Waals surface area (Å²) in [5.74, 6) is 0. The SMILES string of the molecule is c1ccc(-c2cccc(-n3c4ccccc4c4c(-c5cccs5)cc(-c5nc6ccccc6s5)cc43)c2)nc1. The van der Waals surface area contributed by atoms with Crippen molar-refractivity contribution in [2.24, 2.45) is 0 Å². The van der Waals surface area contributed by atoms with Gasteiger partial charge in [-0.2, -0.15) is 0 Å². The highest BCUT2D eigenvalue weighted by molar-refractivity contribution is 7.21. The van der Waals surface area contributed by atoms with E-state index >= 15 is 0 Å². The molecule has 0 saturated heterocycles. The third-order valence-corrected chi connectivity index (χ3v) is 9.15. The fourth-order valence-corrected chi connectivity index (χ4v) is 7.16. The van der Waals surface area contributed by atoms with Gasteiger partial charge in [-0.3, -0.25) is 4.98 Å². The Labute approximate surface area is 233 Å². The number of nitrogens with zero attached hydrogens (tertiary/aromatic N) is 3. The fourth-order valence-electron chi connectivity index (χ4n) is 5.46. The van der Waals surface area contributed by atoms with Crippen LogP contribution in [-0.4, -0.2) is 14.5 Å². The molecular formula is C34H21N3S2. The summed E-state index contributed by atoms with van der Waals surface area (Å²) in [6.07, 6.45) is 1.85. The summed E-state index contributed by atoms with van der Waals surface area (Å²) >= 11 is 3.53. The van der Waals surface area contributed by atoms with E-state index in [0.29, 0.717) is 0 Å². The summed E-state index contributed by atoms with van der Waals surface area (Å²) in [6.45, 7) is 0. The molecule has 8 rings (SSSR count). The van der Waals surface area contributed by atoms with Crippen LogP contribution in [0.2, 0.25) is 0 Å². The topological polar surface area (TPSA) is 30.7 Å². The lowest BCUT2D eigenvalue weighted by molar-refractivity contribution is 1.18. The quantitative estimate of drug-likeness (QED) is 0.224. The highest BCUT2D eigenvalue weighted by Crippen LogP contribution is 2.43. The van der Waals surface area contributed by atoms with E-state index in [-0.39, 0.29) is 0 Å². The average molecular weight is 536 g/mol. The molecule has 0 aliphatic heterocycles. The number of pyridine rings is 1. The maximum atomic E-state index is 5.03. The second-order valence-corrected chi connectivity index (χ2v) is 11.5. The Balaban J connectivity index is 1.46. The number of hydrogen-bond donors (Lipinski definition) is 0. The summed E-state index contributed by atoms with van der Waals surface area (Å²) in [7, 11) is 0. The molecule has 8 aromatic rings. The number of thiazole rings is 1. The molecule has 4 heterocycles. The lowest BCUT2D eigenvalue weighted by Gasteiger charge is -2.11. The molecule has 0 N–H and O–H groups in total. The Bertz CT molecular complexity index is 2090. The van der Waals surface area contributed by atoms with Crippen molar-refractivity contribution in [3.63, 3.8) is 0 Å². The molecule has 0 bridgehead atoms. The second kappa shape index (κ2) is 9.02. The Kier molecular flexibility index (Phi) is 5.18. The van der Waals surface area contributed by atoms with Crippen molar-refractivity contribution in [1.82, 2.24) is 14.5 Å². The monoisotopic (exact) mass is 535 g/mol. The molecule has 3 nitrogen and oxygen atoms in total. The predicted molar refractivity (Wildman–Crippen MR) is 166 cm³/mol. The van der Waals surface area contributed by atoms with Gasteiger partial charge in [0.15, 0.2) is 0 Å². The van der Waals surface area contributed by atoms with Crippen molar-refractivity contribution in [1.29, 1.82) is 0 Å². The van der Waals surface area contributed by atoms with Gasteiger partial charge in [0.2, 0.25) is 0 Å². The number of benzene rings is 4. The van der Waals surface area contributed by atoms with E-state index in [1.54, 1.807) is 22.7 Å². The first-order valence-electron chi connectivity index (χ1n) is 12.8. The predicted octanol–water partition coefficient (Wildman–Crippen LogP) is 9.85. The van der Waals surface area contributed by atoms with Crippen molar-refractivity contribution in [3.05, 3.63) is 127 Å². The van der Waals surface area contributed by atoms with E-state index in [4.69, 9.17) is 4.98 Å². The minimum Gasteiger partial charge on any atom is -0.309 e. The van der Waals surface area contributed by atoms with Crippen LogP contribution < -0.4 is 0 Å². The van der Waals surface area contributed by atoms with E-state index in [2.05, 4.69) is 118 Å². The van der Waals surface area contributed by atoms with E-state index in [1.165, 1.54) is 36.9 Å². The standard InChI is InChI=1S/C34H21N3S2/c1-3-14-29-25(11-1)33-26(31-16-8-18-38-31)20-23(34-36-28-13-2-4-15-32(28)39-34)21-30(33)37(29)24-10-7-9-22(19-24)27-12-5-6-17-35-27/h1-21H. The van der Waals surface area contributed by atoms with Crippen LogP contribution in [0.1, 0.15) is 0 Å². The first kappa shape index (κ1) is 22.4. The van der Waals surface area contributed by atoms with Crippen molar-refractivity contribution < 1.29 is 0 Å². The van der Waals surface area contributed by atoms with Gasteiger partial charge in [0.25, 0.3) is 0 Å². The molecule has 4 aromatic heterocycles. The molecule has 4 aromatic carbocycles. The molecule has 5 heteroatoms. The largest absolute Gasteiger partial charge is 0.309 e. The Morgan fingerprint density at radius 1 is 0.667 bits per heavy atom. The zero-order valence-corrected chi connectivity index (χ0v) is 22.4. The molecule has 0 radical (unpaired) electrons. The average Bonchev–Trinajstić information content (AvgIpc) is 3.75. The lowest BCUT2D eigenvalue weighted by Crippen LogP contribution is -1.95. The van der Waals surface area contributed by atoms with Crippen LogP contribution in [0.5, 0.6) is 0 Å². The Hall–Kier alpha value is -4.58. The number of hydrogen-bond acceptors (Lipinski definition) is 4. The number of rotatable bonds is 4. The number of fused-ring (bicyclic) bond motifs is 4. The van der Waals surface area contributed by atoms with Crippen LogP contribution in [0, 0.1) is 0 Å². The molecule has 0 atom stereocenters. The lowest BCUT2D eigenvalue weighted by atomic mass is 10.0. The molecule has 0 aliphatic rings. The third-order valence-electron chi connectivity index (χ3n) is 7.17. The van der Waals surface area contributed by atoms with Crippen molar-refractivity contribution in [3.8, 4) is 38.0 Å². The van der Waals surface area contributed by atoms with Gasteiger partial charge in [-0.15, -0.1) is 22.7 Å². The van der Waals surface area contributed by atoms with Gasteiger partial charge in [0.05, 0.1) is 26.9 Å². The summed E-state index contributed by atoms with van der Waals surface area (Å²) in [6, 6.07) is 40.8. The van der Waals surface area contributed by atoms with Crippen LogP contribution >= 0.6 is 22.7 Å². The zero-order chi connectivity index (χ0) is 25.8. The zero-order valence-electron chi connectivity index (χ0n) is 20.8.